The topological polar surface area (TPSA) is 90.2 Å². The van der Waals surface area contributed by atoms with Crippen LogP contribution in [0, 0.1) is 0 Å². The first-order valence-corrected chi connectivity index (χ1v) is 10.7. The lowest BCUT2D eigenvalue weighted by Crippen LogP contribution is -2.20. The zero-order chi connectivity index (χ0) is 20.1. The summed E-state index contributed by atoms with van der Waals surface area (Å²) in [6.07, 6.45) is 1.18. The van der Waals surface area contributed by atoms with Gasteiger partial charge in [-0.25, -0.2) is 8.42 Å². The monoisotopic (exact) mass is 401 g/mol. The lowest BCUT2D eigenvalue weighted by atomic mass is 10.2. The molecule has 0 atom stereocenters. The van der Waals surface area contributed by atoms with Gasteiger partial charge in [-0.3, -0.25) is 4.90 Å². The zero-order valence-electron chi connectivity index (χ0n) is 16.1. The molecule has 1 heterocycles. The van der Waals surface area contributed by atoms with Crippen molar-refractivity contribution in [1.29, 1.82) is 0 Å². The van der Waals surface area contributed by atoms with E-state index in [2.05, 4.69) is 20.4 Å². The Kier molecular flexibility index (Phi) is 6.05. The molecule has 0 radical (unpaired) electrons. The van der Waals surface area contributed by atoms with Crippen molar-refractivity contribution in [2.24, 2.45) is 0 Å². The predicted molar refractivity (Wildman–Crippen MR) is 105 cm³/mol. The largest absolute Gasteiger partial charge is 0.494 e. The number of nitrogens with zero attached hydrogens (tertiary/aromatic N) is 5. The Bertz CT molecular complexity index is 1010. The molecule has 0 amide bonds. The molecule has 9 heteroatoms. The van der Waals surface area contributed by atoms with Crippen molar-refractivity contribution in [2.45, 2.75) is 24.9 Å². The summed E-state index contributed by atoms with van der Waals surface area (Å²) >= 11 is 0. The van der Waals surface area contributed by atoms with Gasteiger partial charge in [0.1, 0.15) is 5.75 Å². The molecule has 3 rings (SSSR count). The molecule has 3 aromatic rings. The van der Waals surface area contributed by atoms with Crippen LogP contribution >= 0.6 is 0 Å². The Morgan fingerprint density at radius 1 is 1.04 bits per heavy atom. The van der Waals surface area contributed by atoms with Crippen molar-refractivity contribution in [3.8, 4) is 11.4 Å². The van der Waals surface area contributed by atoms with Crippen LogP contribution in [-0.4, -0.2) is 53.4 Å². The molecule has 0 N–H and O–H groups in total. The number of rotatable bonds is 8. The molecule has 2 aromatic carbocycles. The molecule has 8 nitrogen and oxygen atoms in total. The SMILES string of the molecule is CCOc1ccc(CN(C)Cc2nnnn2-c2ccc(S(C)(=O)=O)cc2)cc1. The molecule has 148 valence electrons. The third kappa shape index (κ3) is 4.93. The van der Waals surface area contributed by atoms with Crippen molar-refractivity contribution >= 4 is 9.84 Å². The predicted octanol–water partition coefficient (Wildman–Crippen LogP) is 2.10. The fourth-order valence-electron chi connectivity index (χ4n) is 2.81. The Morgan fingerprint density at radius 2 is 1.71 bits per heavy atom. The van der Waals surface area contributed by atoms with Gasteiger partial charge in [0.15, 0.2) is 15.7 Å². The third-order valence-electron chi connectivity index (χ3n) is 4.14. The standard InChI is InChI=1S/C19H23N5O3S/c1-4-27-17-9-5-15(6-10-17)13-23(2)14-19-20-21-22-24(19)16-7-11-18(12-8-16)28(3,25)26/h5-12H,4,13-14H2,1-3H3. The van der Waals surface area contributed by atoms with E-state index in [1.54, 1.807) is 28.9 Å². The fraction of sp³-hybridized carbons (Fsp3) is 0.316. The van der Waals surface area contributed by atoms with Crippen LogP contribution in [0.2, 0.25) is 0 Å². The highest BCUT2D eigenvalue weighted by Gasteiger charge is 2.13. The first kappa shape index (κ1) is 20.0. The molecular weight excluding hydrogens is 378 g/mol. The molecule has 0 spiro atoms. The second-order valence-corrected chi connectivity index (χ2v) is 8.54. The molecule has 28 heavy (non-hydrogen) atoms. The van der Waals surface area contributed by atoms with Crippen LogP contribution in [0.3, 0.4) is 0 Å². The van der Waals surface area contributed by atoms with E-state index in [-0.39, 0.29) is 4.90 Å². The van der Waals surface area contributed by atoms with E-state index in [4.69, 9.17) is 4.74 Å². The van der Waals surface area contributed by atoms with E-state index >= 15 is 0 Å². The van der Waals surface area contributed by atoms with E-state index in [1.165, 1.54) is 6.26 Å². The number of hydrogen-bond donors (Lipinski definition) is 0. The van der Waals surface area contributed by atoms with E-state index in [1.807, 2.05) is 38.2 Å². The van der Waals surface area contributed by atoms with E-state index in [0.29, 0.717) is 24.7 Å². The Balaban J connectivity index is 1.69. The van der Waals surface area contributed by atoms with Gasteiger partial charge in [-0.15, -0.1) is 5.10 Å². The van der Waals surface area contributed by atoms with Gasteiger partial charge in [-0.1, -0.05) is 12.1 Å². The number of tetrazole rings is 1. The van der Waals surface area contributed by atoms with E-state index in [0.717, 1.165) is 17.9 Å². The fourth-order valence-corrected chi connectivity index (χ4v) is 3.44. The average molecular weight is 401 g/mol. The van der Waals surface area contributed by atoms with Gasteiger partial charge in [-0.05, 0) is 66.4 Å². The number of hydrogen-bond acceptors (Lipinski definition) is 7. The van der Waals surface area contributed by atoms with Gasteiger partial charge in [0.05, 0.1) is 23.7 Å². The number of ether oxygens (including phenoxy) is 1. The van der Waals surface area contributed by atoms with Crippen LogP contribution in [0.5, 0.6) is 5.75 Å². The number of benzene rings is 2. The minimum Gasteiger partial charge on any atom is -0.494 e. The Hall–Kier alpha value is -2.78. The van der Waals surface area contributed by atoms with Crippen molar-refractivity contribution in [3.05, 3.63) is 59.9 Å². The summed E-state index contributed by atoms with van der Waals surface area (Å²) in [5.41, 5.74) is 1.87. The molecule has 0 unspecified atom stereocenters. The van der Waals surface area contributed by atoms with Gasteiger partial charge >= 0.3 is 0 Å². The minimum absolute atomic E-state index is 0.262. The highest BCUT2D eigenvalue weighted by molar-refractivity contribution is 7.90. The summed E-state index contributed by atoms with van der Waals surface area (Å²) in [5.74, 6) is 1.52. The van der Waals surface area contributed by atoms with Crippen LogP contribution in [0.25, 0.3) is 5.69 Å². The molecular formula is C19H23N5O3S. The van der Waals surface area contributed by atoms with Crippen LogP contribution in [0.15, 0.2) is 53.4 Å². The molecule has 1 aromatic heterocycles. The van der Waals surface area contributed by atoms with Gasteiger partial charge in [0, 0.05) is 12.8 Å². The van der Waals surface area contributed by atoms with Gasteiger partial charge in [-0.2, -0.15) is 4.68 Å². The molecule has 0 aliphatic carbocycles. The van der Waals surface area contributed by atoms with Crippen molar-refractivity contribution in [1.82, 2.24) is 25.1 Å². The second-order valence-electron chi connectivity index (χ2n) is 6.52. The van der Waals surface area contributed by atoms with Gasteiger partial charge in [0.2, 0.25) is 0 Å². The quantitative estimate of drug-likeness (QED) is 0.571. The summed E-state index contributed by atoms with van der Waals surface area (Å²) in [7, 11) is -1.25. The van der Waals surface area contributed by atoms with Gasteiger partial charge < -0.3 is 4.74 Å². The molecule has 0 saturated heterocycles. The summed E-state index contributed by atoms with van der Waals surface area (Å²) in [6, 6.07) is 14.5. The highest BCUT2D eigenvalue weighted by Crippen LogP contribution is 2.16. The lowest BCUT2D eigenvalue weighted by Gasteiger charge is -2.16. The van der Waals surface area contributed by atoms with Crippen LogP contribution in [-0.2, 0) is 22.9 Å². The first-order valence-electron chi connectivity index (χ1n) is 8.85. The average Bonchev–Trinajstić information content (AvgIpc) is 3.11. The molecule has 0 aliphatic heterocycles. The Morgan fingerprint density at radius 3 is 2.32 bits per heavy atom. The highest BCUT2D eigenvalue weighted by atomic mass is 32.2. The zero-order valence-corrected chi connectivity index (χ0v) is 16.9. The van der Waals surface area contributed by atoms with Crippen LogP contribution < -0.4 is 4.74 Å². The first-order chi connectivity index (χ1) is 13.4. The van der Waals surface area contributed by atoms with E-state index < -0.39 is 9.84 Å². The molecule has 0 aliphatic rings. The molecule has 0 bridgehead atoms. The normalized spacial score (nSPS) is 11.7. The summed E-state index contributed by atoms with van der Waals surface area (Å²) in [5, 5.41) is 11.9. The maximum absolute atomic E-state index is 11.6. The van der Waals surface area contributed by atoms with E-state index in [9.17, 15) is 8.42 Å². The maximum atomic E-state index is 11.6. The Labute approximate surface area is 164 Å². The molecule has 0 saturated carbocycles. The van der Waals surface area contributed by atoms with Crippen LogP contribution in [0.4, 0.5) is 0 Å². The third-order valence-corrected chi connectivity index (χ3v) is 5.27. The maximum Gasteiger partial charge on any atom is 0.175 e. The smallest absolute Gasteiger partial charge is 0.175 e. The molecule has 0 fully saturated rings. The minimum atomic E-state index is -3.24. The van der Waals surface area contributed by atoms with Gasteiger partial charge in [0.25, 0.3) is 0 Å². The number of sulfone groups is 1. The van der Waals surface area contributed by atoms with Crippen molar-refractivity contribution < 1.29 is 13.2 Å². The summed E-state index contributed by atoms with van der Waals surface area (Å²) in [4.78, 5) is 2.36. The van der Waals surface area contributed by atoms with Crippen LogP contribution in [0.1, 0.15) is 18.3 Å². The van der Waals surface area contributed by atoms with Crippen molar-refractivity contribution in [2.75, 3.05) is 19.9 Å². The second kappa shape index (κ2) is 8.49. The summed E-state index contributed by atoms with van der Waals surface area (Å²) in [6.45, 7) is 3.87. The van der Waals surface area contributed by atoms with Crippen molar-refractivity contribution in [3.63, 3.8) is 0 Å². The number of aromatic nitrogens is 4. The summed E-state index contributed by atoms with van der Waals surface area (Å²) < 4.78 is 30.3. The lowest BCUT2D eigenvalue weighted by molar-refractivity contribution is 0.307.